The predicted octanol–water partition coefficient (Wildman–Crippen LogP) is 2.44. The van der Waals surface area contributed by atoms with Gasteiger partial charge < -0.3 is 10.2 Å². The lowest BCUT2D eigenvalue weighted by atomic mass is 10.2. The molecular weight excluding hydrogens is 292 g/mol. The summed E-state index contributed by atoms with van der Waals surface area (Å²) in [6.07, 6.45) is 3.23. The molecule has 1 saturated carbocycles. The highest BCUT2D eigenvalue weighted by Gasteiger charge is 2.28. The Hall–Kier alpha value is -0.870. The quantitative estimate of drug-likeness (QED) is 0.867. The van der Waals surface area contributed by atoms with Crippen molar-refractivity contribution >= 4 is 27.5 Å². The van der Waals surface area contributed by atoms with Gasteiger partial charge in [0.1, 0.15) is 0 Å². The standard InChI is InChI=1S/C14H17BrN2O/c15-11-7-14(18)17(9-11)13-5-1-10(2-6-13)8-16-12-3-4-12/h1-2,5-6,11-12,16H,3-4,7-9H2. The number of nitrogens with zero attached hydrogens (tertiary/aromatic N) is 1. The van der Waals surface area contributed by atoms with Crippen molar-refractivity contribution in [2.75, 3.05) is 11.4 Å². The van der Waals surface area contributed by atoms with Crippen LogP contribution in [0.25, 0.3) is 0 Å². The van der Waals surface area contributed by atoms with Crippen LogP contribution in [0.1, 0.15) is 24.8 Å². The first-order valence-corrected chi connectivity index (χ1v) is 7.41. The normalized spacial score (nSPS) is 23.7. The Morgan fingerprint density at radius 3 is 2.56 bits per heavy atom. The number of rotatable bonds is 4. The summed E-state index contributed by atoms with van der Waals surface area (Å²) in [4.78, 5) is 13.9. The van der Waals surface area contributed by atoms with Crippen LogP contribution in [0, 0.1) is 0 Å². The van der Waals surface area contributed by atoms with Crippen LogP contribution in [0.3, 0.4) is 0 Å². The molecule has 3 rings (SSSR count). The molecule has 4 heteroatoms. The zero-order chi connectivity index (χ0) is 12.5. The summed E-state index contributed by atoms with van der Waals surface area (Å²) in [5.74, 6) is 0.209. The highest BCUT2D eigenvalue weighted by atomic mass is 79.9. The van der Waals surface area contributed by atoms with Crippen molar-refractivity contribution in [2.45, 2.75) is 36.7 Å². The molecule has 1 atom stereocenters. The van der Waals surface area contributed by atoms with E-state index in [2.05, 4.69) is 33.4 Å². The van der Waals surface area contributed by atoms with Gasteiger partial charge in [-0.3, -0.25) is 4.79 Å². The Morgan fingerprint density at radius 1 is 1.28 bits per heavy atom. The van der Waals surface area contributed by atoms with Crippen LogP contribution < -0.4 is 10.2 Å². The van der Waals surface area contributed by atoms with Crippen LogP contribution in [0.2, 0.25) is 0 Å². The third-order valence-corrected chi connectivity index (χ3v) is 4.11. The molecule has 1 N–H and O–H groups in total. The van der Waals surface area contributed by atoms with E-state index in [4.69, 9.17) is 0 Å². The zero-order valence-electron chi connectivity index (χ0n) is 10.2. The number of anilines is 1. The van der Waals surface area contributed by atoms with Gasteiger partial charge >= 0.3 is 0 Å². The van der Waals surface area contributed by atoms with Gasteiger partial charge in [0, 0.05) is 36.1 Å². The fourth-order valence-electron chi connectivity index (χ4n) is 2.26. The molecule has 1 unspecified atom stereocenters. The number of hydrogen-bond donors (Lipinski definition) is 1. The second-order valence-corrected chi connectivity index (χ2v) is 6.42. The molecule has 2 aliphatic rings. The smallest absolute Gasteiger partial charge is 0.228 e. The van der Waals surface area contributed by atoms with Crippen molar-refractivity contribution in [1.29, 1.82) is 0 Å². The Kier molecular flexibility index (Phi) is 3.39. The Bertz CT molecular complexity index is 442. The molecule has 1 aromatic rings. The van der Waals surface area contributed by atoms with Crippen molar-refractivity contribution < 1.29 is 4.79 Å². The topological polar surface area (TPSA) is 32.3 Å². The van der Waals surface area contributed by atoms with E-state index in [1.54, 1.807) is 0 Å². The number of amides is 1. The van der Waals surface area contributed by atoms with Crippen molar-refractivity contribution in [1.82, 2.24) is 5.32 Å². The van der Waals surface area contributed by atoms with Crippen molar-refractivity contribution in [3.63, 3.8) is 0 Å². The lowest BCUT2D eigenvalue weighted by Crippen LogP contribution is -2.24. The van der Waals surface area contributed by atoms with Gasteiger partial charge in [0.05, 0.1) is 0 Å². The fraction of sp³-hybridized carbons (Fsp3) is 0.500. The molecule has 1 aliphatic carbocycles. The van der Waals surface area contributed by atoms with E-state index in [0.29, 0.717) is 11.2 Å². The number of carbonyl (C=O) groups is 1. The number of halogens is 1. The van der Waals surface area contributed by atoms with E-state index >= 15 is 0 Å². The van der Waals surface area contributed by atoms with E-state index in [-0.39, 0.29) is 5.91 Å². The molecule has 0 bridgehead atoms. The van der Waals surface area contributed by atoms with Gasteiger partial charge in [-0.1, -0.05) is 28.1 Å². The molecule has 0 radical (unpaired) electrons. The third-order valence-electron chi connectivity index (χ3n) is 3.50. The van der Waals surface area contributed by atoms with E-state index in [1.165, 1.54) is 18.4 Å². The Morgan fingerprint density at radius 2 is 2.00 bits per heavy atom. The molecule has 0 aromatic heterocycles. The summed E-state index contributed by atoms with van der Waals surface area (Å²) in [5.41, 5.74) is 2.30. The summed E-state index contributed by atoms with van der Waals surface area (Å²) >= 11 is 3.51. The van der Waals surface area contributed by atoms with Crippen LogP contribution in [0.4, 0.5) is 5.69 Å². The predicted molar refractivity (Wildman–Crippen MR) is 76.0 cm³/mol. The molecule has 96 valence electrons. The maximum atomic E-state index is 11.8. The maximum absolute atomic E-state index is 11.8. The summed E-state index contributed by atoms with van der Waals surface area (Å²) in [6.45, 7) is 1.71. The van der Waals surface area contributed by atoms with E-state index in [0.717, 1.165) is 24.8 Å². The minimum atomic E-state index is 0.209. The summed E-state index contributed by atoms with van der Waals surface area (Å²) in [7, 11) is 0. The minimum Gasteiger partial charge on any atom is -0.311 e. The van der Waals surface area contributed by atoms with Gasteiger partial charge in [-0.2, -0.15) is 0 Å². The van der Waals surface area contributed by atoms with Gasteiger partial charge in [-0.25, -0.2) is 0 Å². The second kappa shape index (κ2) is 5.02. The zero-order valence-corrected chi connectivity index (χ0v) is 11.8. The van der Waals surface area contributed by atoms with Crippen molar-refractivity contribution in [2.24, 2.45) is 0 Å². The lowest BCUT2D eigenvalue weighted by molar-refractivity contribution is -0.117. The second-order valence-electron chi connectivity index (χ2n) is 5.13. The number of nitrogens with one attached hydrogen (secondary N) is 1. The van der Waals surface area contributed by atoms with Crippen LogP contribution in [0.5, 0.6) is 0 Å². The van der Waals surface area contributed by atoms with Crippen LogP contribution in [0.15, 0.2) is 24.3 Å². The molecule has 1 saturated heterocycles. The molecule has 1 aromatic carbocycles. The van der Waals surface area contributed by atoms with E-state index in [9.17, 15) is 4.79 Å². The fourth-order valence-corrected chi connectivity index (χ4v) is 2.82. The SMILES string of the molecule is O=C1CC(Br)CN1c1ccc(CNC2CC2)cc1. The van der Waals surface area contributed by atoms with Crippen LogP contribution in [-0.2, 0) is 11.3 Å². The summed E-state index contributed by atoms with van der Waals surface area (Å²) in [5, 5.41) is 3.49. The first-order chi connectivity index (χ1) is 8.72. The molecule has 2 fully saturated rings. The van der Waals surface area contributed by atoms with Crippen molar-refractivity contribution in [3.05, 3.63) is 29.8 Å². The maximum Gasteiger partial charge on any atom is 0.228 e. The molecule has 1 heterocycles. The Labute approximate surface area is 116 Å². The van der Waals surface area contributed by atoms with Crippen LogP contribution >= 0.6 is 15.9 Å². The average Bonchev–Trinajstić information content (AvgIpc) is 3.13. The molecule has 18 heavy (non-hydrogen) atoms. The Balaban J connectivity index is 1.64. The number of hydrogen-bond acceptors (Lipinski definition) is 2. The van der Waals surface area contributed by atoms with Crippen molar-refractivity contribution in [3.8, 4) is 0 Å². The molecule has 1 amide bonds. The minimum absolute atomic E-state index is 0.209. The largest absolute Gasteiger partial charge is 0.311 e. The first-order valence-electron chi connectivity index (χ1n) is 6.49. The van der Waals surface area contributed by atoms with Gasteiger partial charge in [-0.05, 0) is 30.5 Å². The number of carbonyl (C=O) groups excluding carboxylic acids is 1. The summed E-state index contributed by atoms with van der Waals surface area (Å²) < 4.78 is 0. The molecule has 0 spiro atoms. The van der Waals surface area contributed by atoms with Crippen LogP contribution in [-0.4, -0.2) is 23.3 Å². The van der Waals surface area contributed by atoms with Gasteiger partial charge in [-0.15, -0.1) is 0 Å². The highest BCUT2D eigenvalue weighted by Crippen LogP contribution is 2.25. The summed E-state index contributed by atoms with van der Waals surface area (Å²) in [6, 6.07) is 9.05. The molecule has 1 aliphatic heterocycles. The van der Waals surface area contributed by atoms with Gasteiger partial charge in [0.25, 0.3) is 0 Å². The average molecular weight is 309 g/mol. The highest BCUT2D eigenvalue weighted by molar-refractivity contribution is 9.09. The third kappa shape index (κ3) is 2.75. The molecule has 3 nitrogen and oxygen atoms in total. The monoisotopic (exact) mass is 308 g/mol. The molecular formula is C14H17BrN2O. The van der Waals surface area contributed by atoms with Gasteiger partial charge in [0.15, 0.2) is 0 Å². The van der Waals surface area contributed by atoms with E-state index < -0.39 is 0 Å². The number of alkyl halides is 1. The first kappa shape index (κ1) is 12.2. The van der Waals surface area contributed by atoms with Gasteiger partial charge in [0.2, 0.25) is 5.91 Å². The lowest BCUT2D eigenvalue weighted by Gasteiger charge is -2.16. The van der Waals surface area contributed by atoms with E-state index in [1.807, 2.05) is 17.0 Å². The number of benzene rings is 1.